The van der Waals surface area contributed by atoms with Crippen LogP contribution in [-0.4, -0.2) is 44.0 Å². The van der Waals surface area contributed by atoms with E-state index in [1.54, 1.807) is 0 Å². The third-order valence-electron chi connectivity index (χ3n) is 3.20. The molecule has 8 heteroatoms. The Morgan fingerprint density at radius 3 is 2.71 bits per heavy atom. The lowest BCUT2D eigenvalue weighted by molar-refractivity contribution is -0.141. The largest absolute Gasteiger partial charge is 0.480 e. The number of pyridine rings is 1. The van der Waals surface area contributed by atoms with Crippen LogP contribution in [0.2, 0.25) is 0 Å². The summed E-state index contributed by atoms with van der Waals surface area (Å²) in [7, 11) is 0. The van der Waals surface area contributed by atoms with Gasteiger partial charge in [-0.1, -0.05) is 13.8 Å². The van der Waals surface area contributed by atoms with Gasteiger partial charge in [-0.3, -0.25) is 4.79 Å². The molecule has 0 saturated carbocycles. The Morgan fingerprint density at radius 2 is 2.14 bits per heavy atom. The number of hydrogen-bond acceptors (Lipinski definition) is 4. The van der Waals surface area contributed by atoms with E-state index in [4.69, 9.17) is 0 Å². The molecular formula is C13H14F2N2O3S. The highest BCUT2D eigenvalue weighted by molar-refractivity contribution is 8.00. The Balaban J connectivity index is 2.42. The van der Waals surface area contributed by atoms with Crippen molar-refractivity contribution in [3.05, 3.63) is 29.6 Å². The van der Waals surface area contributed by atoms with Crippen molar-refractivity contribution in [2.75, 3.05) is 5.75 Å². The lowest BCUT2D eigenvalue weighted by Gasteiger charge is -2.29. The normalized spacial score (nSPS) is 21.9. The van der Waals surface area contributed by atoms with Gasteiger partial charge in [0.15, 0.2) is 5.82 Å². The van der Waals surface area contributed by atoms with E-state index < -0.39 is 40.6 Å². The summed E-state index contributed by atoms with van der Waals surface area (Å²) in [5.74, 6) is -4.51. The molecule has 1 aromatic heterocycles. The number of carboxylic acid groups (broad SMARTS) is 1. The molecule has 2 unspecified atom stereocenters. The Labute approximate surface area is 124 Å². The predicted octanol–water partition coefficient (Wildman–Crippen LogP) is 1.98. The van der Waals surface area contributed by atoms with Gasteiger partial charge in [-0.15, -0.1) is 11.8 Å². The van der Waals surface area contributed by atoms with E-state index >= 15 is 0 Å². The molecule has 5 nitrogen and oxygen atoms in total. The number of thioether (sulfide) groups is 1. The fraction of sp³-hybridized carbons (Fsp3) is 0.462. The summed E-state index contributed by atoms with van der Waals surface area (Å²) in [4.78, 5) is 28.0. The predicted molar refractivity (Wildman–Crippen MR) is 72.8 cm³/mol. The van der Waals surface area contributed by atoms with Crippen LogP contribution in [0.25, 0.3) is 0 Å². The molecule has 0 aromatic carbocycles. The summed E-state index contributed by atoms with van der Waals surface area (Å²) >= 11 is 1.32. The van der Waals surface area contributed by atoms with E-state index in [9.17, 15) is 23.5 Å². The van der Waals surface area contributed by atoms with Crippen LogP contribution in [0.1, 0.15) is 24.2 Å². The smallest absolute Gasteiger partial charge is 0.327 e. The highest BCUT2D eigenvalue weighted by atomic mass is 32.2. The lowest BCUT2D eigenvalue weighted by Crippen LogP contribution is -2.47. The molecule has 1 aromatic rings. The van der Waals surface area contributed by atoms with Crippen LogP contribution in [0.5, 0.6) is 0 Å². The average Bonchev–Trinajstić information content (AvgIpc) is 2.86. The molecule has 1 saturated heterocycles. The van der Waals surface area contributed by atoms with Gasteiger partial charge >= 0.3 is 5.97 Å². The number of halogens is 2. The molecule has 2 heterocycles. The Hall–Kier alpha value is -1.70. The summed E-state index contributed by atoms with van der Waals surface area (Å²) in [6.45, 7) is 3.68. The molecule has 1 N–H and O–H groups in total. The number of amides is 1. The quantitative estimate of drug-likeness (QED) is 0.864. The van der Waals surface area contributed by atoms with Crippen LogP contribution in [0.3, 0.4) is 0 Å². The molecular weight excluding hydrogens is 302 g/mol. The fourth-order valence-electron chi connectivity index (χ4n) is 2.21. The van der Waals surface area contributed by atoms with Crippen molar-refractivity contribution >= 4 is 23.6 Å². The number of nitrogens with zero attached hydrogens (tertiary/aromatic N) is 2. The summed E-state index contributed by atoms with van der Waals surface area (Å²) in [5.41, 5.74) is -0.498. The van der Waals surface area contributed by atoms with Gasteiger partial charge in [0, 0.05) is 11.9 Å². The number of aliphatic carboxylic acids is 1. The van der Waals surface area contributed by atoms with Gasteiger partial charge < -0.3 is 10.0 Å². The van der Waals surface area contributed by atoms with Gasteiger partial charge in [0.2, 0.25) is 5.95 Å². The van der Waals surface area contributed by atoms with Crippen LogP contribution in [0.15, 0.2) is 12.3 Å². The topological polar surface area (TPSA) is 70.5 Å². The molecule has 2 atom stereocenters. The number of carbonyl (C=O) groups is 2. The summed E-state index contributed by atoms with van der Waals surface area (Å²) in [6, 6.07) is 0.00515. The van der Waals surface area contributed by atoms with Crippen LogP contribution in [-0.2, 0) is 4.79 Å². The second-order valence-electron chi connectivity index (χ2n) is 5.00. The minimum absolute atomic E-state index is 0.0157. The molecule has 1 amide bonds. The van der Waals surface area contributed by atoms with Gasteiger partial charge in [-0.2, -0.15) is 4.39 Å². The molecule has 0 aliphatic carbocycles. The molecule has 0 radical (unpaired) electrons. The van der Waals surface area contributed by atoms with Gasteiger partial charge in [0.1, 0.15) is 6.04 Å². The number of rotatable bonds is 3. The van der Waals surface area contributed by atoms with Gasteiger partial charge in [-0.05, 0) is 12.0 Å². The molecule has 2 rings (SSSR count). The van der Waals surface area contributed by atoms with Crippen LogP contribution >= 0.6 is 11.8 Å². The zero-order valence-electron chi connectivity index (χ0n) is 11.4. The Bertz CT molecular complexity index is 583. The SMILES string of the molecule is CC(C)C1SCC(C(=O)O)N1C(=O)c1ccnc(F)c1F. The Morgan fingerprint density at radius 1 is 1.48 bits per heavy atom. The maximum Gasteiger partial charge on any atom is 0.327 e. The fourth-order valence-corrected chi connectivity index (χ4v) is 3.68. The molecule has 1 aliphatic rings. The first-order valence-electron chi connectivity index (χ1n) is 6.31. The van der Waals surface area contributed by atoms with Crippen molar-refractivity contribution in [3.8, 4) is 0 Å². The van der Waals surface area contributed by atoms with E-state index in [1.165, 1.54) is 11.8 Å². The van der Waals surface area contributed by atoms with Crippen LogP contribution in [0.4, 0.5) is 8.78 Å². The number of carbonyl (C=O) groups excluding carboxylic acids is 1. The minimum atomic E-state index is -1.37. The van der Waals surface area contributed by atoms with Gasteiger partial charge in [0.05, 0.1) is 10.9 Å². The monoisotopic (exact) mass is 316 g/mol. The zero-order valence-corrected chi connectivity index (χ0v) is 12.2. The molecule has 114 valence electrons. The van der Waals surface area contributed by atoms with Crippen molar-refractivity contribution in [3.63, 3.8) is 0 Å². The maximum absolute atomic E-state index is 13.7. The van der Waals surface area contributed by atoms with Gasteiger partial charge in [0.25, 0.3) is 5.91 Å². The van der Waals surface area contributed by atoms with Crippen LogP contribution in [0, 0.1) is 17.7 Å². The van der Waals surface area contributed by atoms with E-state index in [1.807, 2.05) is 13.8 Å². The molecule has 0 spiro atoms. The number of hydrogen-bond donors (Lipinski definition) is 1. The van der Waals surface area contributed by atoms with E-state index in [2.05, 4.69) is 4.98 Å². The maximum atomic E-state index is 13.7. The first-order valence-corrected chi connectivity index (χ1v) is 7.36. The number of carboxylic acids is 1. The number of aromatic nitrogens is 1. The van der Waals surface area contributed by atoms with Crippen LogP contribution < -0.4 is 0 Å². The molecule has 1 fully saturated rings. The second kappa shape index (κ2) is 5.97. The average molecular weight is 316 g/mol. The van der Waals surface area contributed by atoms with Crippen molar-refractivity contribution in [1.29, 1.82) is 0 Å². The highest BCUT2D eigenvalue weighted by Crippen LogP contribution is 2.35. The molecule has 0 bridgehead atoms. The minimum Gasteiger partial charge on any atom is -0.480 e. The van der Waals surface area contributed by atoms with Crippen molar-refractivity contribution in [1.82, 2.24) is 9.88 Å². The van der Waals surface area contributed by atoms with Crippen molar-refractivity contribution in [2.45, 2.75) is 25.3 Å². The summed E-state index contributed by atoms with van der Waals surface area (Å²) in [5, 5.41) is 8.82. The molecule has 21 heavy (non-hydrogen) atoms. The zero-order chi connectivity index (χ0) is 15.7. The molecule has 1 aliphatic heterocycles. The van der Waals surface area contributed by atoms with Gasteiger partial charge in [-0.25, -0.2) is 14.2 Å². The summed E-state index contributed by atoms with van der Waals surface area (Å²) < 4.78 is 26.9. The first kappa shape index (κ1) is 15.7. The second-order valence-corrected chi connectivity index (χ2v) is 6.15. The first-order chi connectivity index (χ1) is 9.84. The Kier molecular flexibility index (Phi) is 4.46. The van der Waals surface area contributed by atoms with E-state index in [0.29, 0.717) is 0 Å². The highest BCUT2D eigenvalue weighted by Gasteiger charge is 2.43. The van der Waals surface area contributed by atoms with E-state index in [0.717, 1.165) is 17.2 Å². The van der Waals surface area contributed by atoms with E-state index in [-0.39, 0.29) is 11.7 Å². The van der Waals surface area contributed by atoms with Crippen molar-refractivity contribution < 1.29 is 23.5 Å². The standard InChI is InChI=1S/C13H14F2N2O3S/c1-6(2)12-17(8(5-21-12)13(19)20)11(18)7-3-4-16-10(15)9(7)14/h3-4,6,8,12H,5H2,1-2H3,(H,19,20). The summed E-state index contributed by atoms with van der Waals surface area (Å²) in [6.07, 6.45) is 0.981. The third-order valence-corrected chi connectivity index (χ3v) is 4.82. The lowest BCUT2D eigenvalue weighted by atomic mass is 10.1. The third kappa shape index (κ3) is 2.85. The van der Waals surface area contributed by atoms with Crippen molar-refractivity contribution in [2.24, 2.45) is 5.92 Å².